The molecule has 4 nitrogen and oxygen atoms in total. The van der Waals surface area contributed by atoms with E-state index in [4.69, 9.17) is 0 Å². The van der Waals surface area contributed by atoms with Gasteiger partial charge in [0.05, 0.1) is 0 Å². The zero-order chi connectivity index (χ0) is 10.8. The molecular weight excluding hydrogens is 180 g/mol. The molecule has 1 aliphatic rings. The summed E-state index contributed by atoms with van der Waals surface area (Å²) in [4.78, 5) is 24.4. The van der Waals surface area contributed by atoms with Crippen molar-refractivity contribution in [2.45, 2.75) is 45.6 Å². The number of nitrogens with zero attached hydrogens (tertiary/aromatic N) is 1. The van der Waals surface area contributed by atoms with Gasteiger partial charge in [-0.1, -0.05) is 13.3 Å². The van der Waals surface area contributed by atoms with Crippen LogP contribution in [0.5, 0.6) is 0 Å². The Kier molecular flexibility index (Phi) is 3.13. The molecule has 0 aromatic heterocycles. The first kappa shape index (κ1) is 11.0. The maximum absolute atomic E-state index is 11.6. The maximum Gasteiger partial charge on any atom is 0.324 e. The molecule has 0 spiro atoms. The van der Waals surface area contributed by atoms with Crippen LogP contribution in [-0.4, -0.2) is 28.9 Å². The fraction of sp³-hybridized carbons (Fsp3) is 0.800. The number of imide groups is 1. The highest BCUT2D eigenvalue weighted by Gasteiger charge is 2.35. The first-order valence-corrected chi connectivity index (χ1v) is 5.09. The second-order valence-corrected chi connectivity index (χ2v) is 4.39. The summed E-state index contributed by atoms with van der Waals surface area (Å²) >= 11 is 0. The normalized spacial score (nSPS) is 20.9. The minimum absolute atomic E-state index is 0.0628. The maximum atomic E-state index is 11.6. The van der Waals surface area contributed by atoms with E-state index in [1.807, 2.05) is 20.8 Å². The number of carbonyl (C=O) groups excluding carboxylic acids is 2. The minimum Gasteiger partial charge on any atom is -0.332 e. The molecular formula is C10H18N2O2. The van der Waals surface area contributed by atoms with Gasteiger partial charge in [0.1, 0.15) is 0 Å². The van der Waals surface area contributed by atoms with Crippen molar-refractivity contribution in [2.24, 2.45) is 0 Å². The molecule has 1 fully saturated rings. The average Bonchev–Trinajstić information content (AvgIpc) is 2.00. The molecule has 1 N–H and O–H groups in total. The van der Waals surface area contributed by atoms with E-state index in [9.17, 15) is 9.59 Å². The van der Waals surface area contributed by atoms with E-state index in [1.54, 1.807) is 0 Å². The molecule has 0 radical (unpaired) electrons. The Hall–Kier alpha value is -1.06. The smallest absolute Gasteiger partial charge is 0.324 e. The molecule has 1 rings (SSSR count). The Labute approximate surface area is 84.7 Å². The van der Waals surface area contributed by atoms with Crippen LogP contribution in [-0.2, 0) is 4.79 Å². The molecule has 0 aromatic carbocycles. The standard InChI is InChI=1S/C10H18N2O2/c1-4-5-6-12-8(13)7-10(2,3)11-9(12)14/h4-7H2,1-3H3,(H,11,14). The molecule has 80 valence electrons. The van der Waals surface area contributed by atoms with Crippen LogP contribution in [0.3, 0.4) is 0 Å². The van der Waals surface area contributed by atoms with Crippen molar-refractivity contribution >= 4 is 11.9 Å². The average molecular weight is 198 g/mol. The summed E-state index contributed by atoms with van der Waals surface area (Å²) in [7, 11) is 0. The van der Waals surface area contributed by atoms with E-state index < -0.39 is 5.54 Å². The topological polar surface area (TPSA) is 49.4 Å². The van der Waals surface area contributed by atoms with Crippen molar-refractivity contribution in [2.75, 3.05) is 6.54 Å². The zero-order valence-electron chi connectivity index (χ0n) is 9.09. The van der Waals surface area contributed by atoms with Crippen LogP contribution in [0.1, 0.15) is 40.0 Å². The van der Waals surface area contributed by atoms with Gasteiger partial charge in [-0.2, -0.15) is 0 Å². The summed E-state index contributed by atoms with van der Waals surface area (Å²) in [6.45, 7) is 6.30. The van der Waals surface area contributed by atoms with Crippen LogP contribution in [0.2, 0.25) is 0 Å². The van der Waals surface area contributed by atoms with E-state index in [2.05, 4.69) is 5.32 Å². The molecule has 0 atom stereocenters. The first-order chi connectivity index (χ1) is 6.46. The number of unbranched alkanes of at least 4 members (excludes halogenated alkanes) is 1. The molecule has 0 aromatic rings. The van der Waals surface area contributed by atoms with Gasteiger partial charge in [-0.25, -0.2) is 4.79 Å². The van der Waals surface area contributed by atoms with Gasteiger partial charge in [0.15, 0.2) is 0 Å². The summed E-state index contributed by atoms with van der Waals surface area (Å²) in [6, 6.07) is -0.250. The Morgan fingerprint density at radius 2 is 2.07 bits per heavy atom. The third kappa shape index (κ3) is 2.47. The van der Waals surface area contributed by atoms with E-state index in [0.717, 1.165) is 12.8 Å². The fourth-order valence-electron chi connectivity index (χ4n) is 1.53. The van der Waals surface area contributed by atoms with Crippen LogP contribution in [0.25, 0.3) is 0 Å². The first-order valence-electron chi connectivity index (χ1n) is 5.09. The van der Waals surface area contributed by atoms with E-state index in [0.29, 0.717) is 13.0 Å². The summed E-state index contributed by atoms with van der Waals surface area (Å²) < 4.78 is 0. The second kappa shape index (κ2) is 3.98. The Bertz CT molecular complexity index is 229. The van der Waals surface area contributed by atoms with Crippen LogP contribution in [0.15, 0.2) is 0 Å². The number of hydrogen-bond acceptors (Lipinski definition) is 2. The number of hydrogen-bond donors (Lipinski definition) is 1. The fourth-order valence-corrected chi connectivity index (χ4v) is 1.53. The Morgan fingerprint density at radius 3 is 2.57 bits per heavy atom. The molecule has 4 heteroatoms. The van der Waals surface area contributed by atoms with Crippen molar-refractivity contribution in [3.8, 4) is 0 Å². The van der Waals surface area contributed by atoms with Crippen molar-refractivity contribution in [3.05, 3.63) is 0 Å². The summed E-state index contributed by atoms with van der Waals surface area (Å²) in [6.07, 6.45) is 2.25. The highest BCUT2D eigenvalue weighted by molar-refractivity contribution is 5.97. The van der Waals surface area contributed by atoms with Gasteiger partial charge in [-0.15, -0.1) is 0 Å². The third-order valence-corrected chi connectivity index (χ3v) is 2.32. The van der Waals surface area contributed by atoms with Crippen LogP contribution in [0, 0.1) is 0 Å². The molecule has 14 heavy (non-hydrogen) atoms. The largest absolute Gasteiger partial charge is 0.332 e. The number of urea groups is 1. The van der Waals surface area contributed by atoms with Gasteiger partial charge in [0, 0.05) is 18.5 Å². The minimum atomic E-state index is -0.392. The van der Waals surface area contributed by atoms with Crippen molar-refractivity contribution in [3.63, 3.8) is 0 Å². The molecule has 0 unspecified atom stereocenters. The molecule has 0 bridgehead atoms. The van der Waals surface area contributed by atoms with Gasteiger partial charge in [0.2, 0.25) is 5.91 Å². The van der Waals surface area contributed by atoms with E-state index >= 15 is 0 Å². The monoisotopic (exact) mass is 198 g/mol. The summed E-state index contributed by atoms with van der Waals surface area (Å²) in [5.41, 5.74) is -0.392. The van der Waals surface area contributed by atoms with Crippen LogP contribution >= 0.6 is 0 Å². The van der Waals surface area contributed by atoms with Gasteiger partial charge < -0.3 is 5.32 Å². The lowest BCUT2D eigenvalue weighted by atomic mass is 9.98. The molecule has 1 heterocycles. The Morgan fingerprint density at radius 1 is 1.43 bits per heavy atom. The van der Waals surface area contributed by atoms with Crippen molar-refractivity contribution in [1.29, 1.82) is 0 Å². The zero-order valence-corrected chi connectivity index (χ0v) is 9.09. The number of carbonyl (C=O) groups is 2. The molecule has 0 aliphatic carbocycles. The predicted octanol–water partition coefficient (Wildman–Crippen LogP) is 1.51. The van der Waals surface area contributed by atoms with Crippen LogP contribution < -0.4 is 5.32 Å². The highest BCUT2D eigenvalue weighted by atomic mass is 16.2. The van der Waals surface area contributed by atoms with Crippen molar-refractivity contribution in [1.82, 2.24) is 10.2 Å². The third-order valence-electron chi connectivity index (χ3n) is 2.32. The van der Waals surface area contributed by atoms with Crippen LogP contribution in [0.4, 0.5) is 4.79 Å². The quantitative estimate of drug-likeness (QED) is 0.747. The lowest BCUT2D eigenvalue weighted by Gasteiger charge is -2.36. The molecule has 0 saturated carbocycles. The number of amides is 3. The summed E-state index contributed by atoms with van der Waals surface area (Å²) in [5.74, 6) is -0.0628. The van der Waals surface area contributed by atoms with E-state index in [1.165, 1.54) is 4.90 Å². The van der Waals surface area contributed by atoms with Gasteiger partial charge in [-0.05, 0) is 20.3 Å². The van der Waals surface area contributed by atoms with Crippen molar-refractivity contribution < 1.29 is 9.59 Å². The number of rotatable bonds is 3. The second-order valence-electron chi connectivity index (χ2n) is 4.39. The number of nitrogens with one attached hydrogen (secondary N) is 1. The lowest BCUT2D eigenvalue weighted by molar-refractivity contribution is -0.131. The summed E-state index contributed by atoms with van der Waals surface area (Å²) in [5, 5.41) is 2.81. The molecule has 1 saturated heterocycles. The van der Waals surface area contributed by atoms with Gasteiger partial charge in [0.25, 0.3) is 0 Å². The van der Waals surface area contributed by atoms with Gasteiger partial charge in [-0.3, -0.25) is 9.69 Å². The molecule has 1 aliphatic heterocycles. The molecule has 3 amide bonds. The predicted molar refractivity (Wildman–Crippen MR) is 53.8 cm³/mol. The van der Waals surface area contributed by atoms with E-state index in [-0.39, 0.29) is 11.9 Å². The van der Waals surface area contributed by atoms with Gasteiger partial charge >= 0.3 is 6.03 Å². The SMILES string of the molecule is CCCCN1C(=O)CC(C)(C)NC1=O. The lowest BCUT2D eigenvalue weighted by Crippen LogP contribution is -2.59. The Balaban J connectivity index is 2.62. The highest BCUT2D eigenvalue weighted by Crippen LogP contribution is 2.17.